The van der Waals surface area contributed by atoms with E-state index in [1.807, 2.05) is 13.8 Å². The van der Waals surface area contributed by atoms with Crippen molar-refractivity contribution < 1.29 is 5.11 Å². The molecule has 0 aromatic carbocycles. The van der Waals surface area contributed by atoms with Gasteiger partial charge in [-0.15, -0.1) is 0 Å². The Morgan fingerprint density at radius 1 is 1.62 bits per heavy atom. The number of nitrogens with one attached hydrogen (secondary N) is 1. The molecule has 0 aliphatic rings. The zero-order valence-electron chi connectivity index (χ0n) is 7.74. The first-order valence-corrected chi connectivity index (χ1v) is 4.81. The molecule has 0 aliphatic heterocycles. The molecule has 4 nitrogen and oxygen atoms in total. The monoisotopic (exact) mass is 202 g/mol. The minimum Gasteiger partial charge on any atom is -0.493 e. The van der Waals surface area contributed by atoms with Gasteiger partial charge in [0.05, 0.1) is 5.69 Å². The zero-order valence-corrected chi connectivity index (χ0v) is 8.64. The van der Waals surface area contributed by atoms with Crippen molar-refractivity contribution in [2.45, 2.75) is 26.1 Å². The van der Waals surface area contributed by atoms with Crippen LogP contribution in [-0.4, -0.2) is 14.7 Å². The van der Waals surface area contributed by atoms with Crippen molar-refractivity contribution in [3.05, 3.63) is 16.2 Å². The summed E-state index contributed by atoms with van der Waals surface area (Å²) in [6.45, 7) is 4.49. The Morgan fingerprint density at radius 3 is 2.62 bits per heavy atom. The molecule has 0 aliphatic carbocycles. The Labute approximate surface area is 82.0 Å². The first-order chi connectivity index (χ1) is 6.06. The van der Waals surface area contributed by atoms with E-state index >= 15 is 0 Å². The van der Waals surface area contributed by atoms with Gasteiger partial charge in [0.25, 0.3) is 0 Å². The number of rotatable bonds is 3. The van der Waals surface area contributed by atoms with E-state index in [0.29, 0.717) is 23.9 Å². The van der Waals surface area contributed by atoms with Crippen molar-refractivity contribution in [1.82, 2.24) is 9.55 Å². The van der Waals surface area contributed by atoms with Crippen LogP contribution >= 0.6 is 12.6 Å². The second-order valence-electron chi connectivity index (χ2n) is 3.39. The molecule has 0 saturated carbocycles. The van der Waals surface area contributed by atoms with Gasteiger partial charge < -0.3 is 10.1 Å². The molecule has 0 fully saturated rings. The van der Waals surface area contributed by atoms with Crippen molar-refractivity contribution >= 4 is 12.6 Å². The van der Waals surface area contributed by atoms with E-state index in [4.69, 9.17) is 0 Å². The maximum Gasteiger partial charge on any atom is 0.328 e. The molecule has 1 heterocycles. The Balaban J connectivity index is 3.06. The largest absolute Gasteiger partial charge is 0.493 e. The average Bonchev–Trinajstić information content (AvgIpc) is 2.31. The highest BCUT2D eigenvalue weighted by Crippen LogP contribution is 2.15. The normalized spacial score (nSPS) is 11.1. The number of hydrogen-bond donors (Lipinski definition) is 3. The van der Waals surface area contributed by atoms with E-state index in [2.05, 4.69) is 17.6 Å². The lowest BCUT2D eigenvalue weighted by molar-refractivity contribution is 0.387. The Bertz CT molecular complexity index is 340. The molecule has 0 bridgehead atoms. The van der Waals surface area contributed by atoms with Crippen LogP contribution < -0.4 is 5.69 Å². The van der Waals surface area contributed by atoms with Gasteiger partial charge in [-0.2, -0.15) is 12.6 Å². The molecule has 5 heteroatoms. The summed E-state index contributed by atoms with van der Waals surface area (Å²) in [4.78, 5) is 13.8. The van der Waals surface area contributed by atoms with E-state index in [1.165, 1.54) is 4.57 Å². The lowest BCUT2D eigenvalue weighted by Crippen LogP contribution is -2.19. The molecule has 1 aromatic rings. The summed E-state index contributed by atoms with van der Waals surface area (Å²) in [6.07, 6.45) is 0. The predicted molar refractivity (Wildman–Crippen MR) is 54.2 cm³/mol. The number of H-pyrrole nitrogens is 1. The van der Waals surface area contributed by atoms with Gasteiger partial charge in [-0.05, 0) is 5.92 Å². The van der Waals surface area contributed by atoms with Crippen LogP contribution in [0.2, 0.25) is 0 Å². The number of hydrogen-bond acceptors (Lipinski definition) is 3. The first-order valence-electron chi connectivity index (χ1n) is 4.17. The van der Waals surface area contributed by atoms with Crippen molar-refractivity contribution in [3.63, 3.8) is 0 Å². The molecular formula is C8H14N2O2S. The predicted octanol–water partition coefficient (Wildman–Crippen LogP) is 0.968. The number of imidazole rings is 1. The molecule has 0 amide bonds. The minimum atomic E-state index is -0.268. The third-order valence-electron chi connectivity index (χ3n) is 1.73. The molecule has 2 N–H and O–H groups in total. The van der Waals surface area contributed by atoms with E-state index in [-0.39, 0.29) is 11.6 Å². The van der Waals surface area contributed by atoms with Crippen LogP contribution in [-0.2, 0) is 12.3 Å². The summed E-state index contributed by atoms with van der Waals surface area (Å²) in [7, 11) is 0. The molecular weight excluding hydrogens is 188 g/mol. The third-order valence-corrected chi connectivity index (χ3v) is 2.05. The summed E-state index contributed by atoms with van der Waals surface area (Å²) in [6, 6.07) is 0. The maximum absolute atomic E-state index is 11.3. The number of thiol groups is 1. The van der Waals surface area contributed by atoms with Crippen molar-refractivity contribution in [1.29, 1.82) is 0 Å². The van der Waals surface area contributed by atoms with Crippen LogP contribution in [0.5, 0.6) is 5.88 Å². The SMILES string of the molecule is CC(C)Cn1c(O)c(CS)[nH]c1=O. The summed E-state index contributed by atoms with van der Waals surface area (Å²) >= 11 is 3.99. The second-order valence-corrected chi connectivity index (χ2v) is 3.71. The zero-order chi connectivity index (χ0) is 10.0. The number of aromatic hydroxyl groups is 1. The molecule has 13 heavy (non-hydrogen) atoms. The van der Waals surface area contributed by atoms with Crippen LogP contribution in [0.1, 0.15) is 19.5 Å². The highest BCUT2D eigenvalue weighted by Gasteiger charge is 2.11. The smallest absolute Gasteiger partial charge is 0.328 e. The fraction of sp³-hybridized carbons (Fsp3) is 0.625. The van der Waals surface area contributed by atoms with Crippen molar-refractivity contribution in [2.24, 2.45) is 5.92 Å². The average molecular weight is 202 g/mol. The van der Waals surface area contributed by atoms with Gasteiger partial charge in [-0.25, -0.2) is 4.79 Å². The fourth-order valence-corrected chi connectivity index (χ4v) is 1.38. The van der Waals surface area contributed by atoms with E-state index < -0.39 is 0 Å². The van der Waals surface area contributed by atoms with Crippen molar-refractivity contribution in [2.75, 3.05) is 0 Å². The highest BCUT2D eigenvalue weighted by atomic mass is 32.1. The van der Waals surface area contributed by atoms with Crippen LogP contribution in [0.15, 0.2) is 4.79 Å². The van der Waals surface area contributed by atoms with Gasteiger partial charge in [0.2, 0.25) is 5.88 Å². The molecule has 74 valence electrons. The number of aromatic amines is 1. The van der Waals surface area contributed by atoms with Gasteiger partial charge in [0.1, 0.15) is 0 Å². The summed E-state index contributed by atoms with van der Waals surface area (Å²) in [5.41, 5.74) is 0.212. The molecule has 1 aromatic heterocycles. The van der Waals surface area contributed by atoms with E-state index in [1.54, 1.807) is 0 Å². The molecule has 0 spiro atoms. The molecule has 0 saturated heterocycles. The topological polar surface area (TPSA) is 58.0 Å². The standard InChI is InChI=1S/C8H14N2O2S/c1-5(2)3-10-7(11)6(4-13)9-8(10)12/h5,11,13H,3-4H2,1-2H3,(H,9,12). The lowest BCUT2D eigenvalue weighted by atomic mass is 10.2. The van der Waals surface area contributed by atoms with Crippen LogP contribution in [0.25, 0.3) is 0 Å². The molecule has 1 rings (SSSR count). The number of aromatic nitrogens is 2. The van der Waals surface area contributed by atoms with E-state index in [9.17, 15) is 9.90 Å². The lowest BCUT2D eigenvalue weighted by Gasteiger charge is -2.05. The summed E-state index contributed by atoms with van der Waals surface area (Å²) in [5, 5.41) is 9.54. The van der Waals surface area contributed by atoms with Crippen molar-refractivity contribution in [3.8, 4) is 5.88 Å². The minimum absolute atomic E-state index is 0.00806. The van der Waals surface area contributed by atoms with Crippen LogP contribution in [0, 0.1) is 5.92 Å². The first kappa shape index (κ1) is 10.2. The Hall–Kier alpha value is -0.840. The Morgan fingerprint density at radius 2 is 2.23 bits per heavy atom. The maximum atomic E-state index is 11.3. The van der Waals surface area contributed by atoms with Gasteiger partial charge >= 0.3 is 5.69 Å². The quantitative estimate of drug-likeness (QED) is 0.640. The van der Waals surface area contributed by atoms with Gasteiger partial charge in [-0.1, -0.05) is 13.8 Å². The second kappa shape index (κ2) is 3.91. The van der Waals surface area contributed by atoms with Gasteiger partial charge in [0.15, 0.2) is 0 Å². The summed E-state index contributed by atoms with van der Waals surface area (Å²) in [5.74, 6) is 0.674. The Kier molecular flexibility index (Phi) is 3.08. The van der Waals surface area contributed by atoms with Crippen LogP contribution in [0.3, 0.4) is 0 Å². The summed E-state index contributed by atoms with van der Waals surface area (Å²) < 4.78 is 1.33. The van der Waals surface area contributed by atoms with Gasteiger partial charge in [0, 0.05) is 12.3 Å². The number of nitrogens with zero attached hydrogens (tertiary/aromatic N) is 1. The third kappa shape index (κ3) is 2.09. The fourth-order valence-electron chi connectivity index (χ4n) is 1.16. The van der Waals surface area contributed by atoms with Gasteiger partial charge in [-0.3, -0.25) is 4.57 Å². The molecule has 0 radical (unpaired) electrons. The van der Waals surface area contributed by atoms with Crippen LogP contribution in [0.4, 0.5) is 0 Å². The molecule has 0 unspecified atom stereocenters. The van der Waals surface area contributed by atoms with E-state index in [0.717, 1.165) is 0 Å². The molecule has 0 atom stereocenters. The highest BCUT2D eigenvalue weighted by molar-refractivity contribution is 7.79.